The van der Waals surface area contributed by atoms with E-state index in [4.69, 9.17) is 5.73 Å². The Bertz CT molecular complexity index is 1000. The summed E-state index contributed by atoms with van der Waals surface area (Å²) in [7, 11) is 2.10. The summed E-state index contributed by atoms with van der Waals surface area (Å²) in [5.74, 6) is 0.921. The van der Waals surface area contributed by atoms with Crippen molar-refractivity contribution < 1.29 is 0 Å². The number of nitrogens with zero attached hydrogens (tertiary/aromatic N) is 3. The number of fused-ring (bicyclic) bond motifs is 4. The van der Waals surface area contributed by atoms with Crippen molar-refractivity contribution in [3.8, 4) is 0 Å². The van der Waals surface area contributed by atoms with Gasteiger partial charge in [-0.25, -0.2) is 4.98 Å². The molecular weight excluding hydrogens is 286 g/mol. The van der Waals surface area contributed by atoms with Crippen molar-refractivity contribution in [1.29, 1.82) is 0 Å². The van der Waals surface area contributed by atoms with Crippen LogP contribution in [0.25, 0.3) is 32.6 Å². The molecule has 5 nitrogen and oxygen atoms in total. The van der Waals surface area contributed by atoms with Gasteiger partial charge in [-0.1, -0.05) is 0 Å². The van der Waals surface area contributed by atoms with Crippen LogP contribution in [0.1, 0.15) is 6.42 Å². The van der Waals surface area contributed by atoms with Crippen LogP contribution in [0.3, 0.4) is 0 Å². The molecule has 0 spiro atoms. The quantitative estimate of drug-likeness (QED) is 0.569. The average molecular weight is 305 g/mol. The number of hydrogen-bond donors (Lipinski definition) is 2. The second-order valence-corrected chi connectivity index (χ2v) is 5.77. The van der Waals surface area contributed by atoms with Crippen molar-refractivity contribution in [1.82, 2.24) is 14.5 Å². The first-order valence-electron chi connectivity index (χ1n) is 7.84. The van der Waals surface area contributed by atoms with Crippen LogP contribution in [0.4, 0.5) is 5.82 Å². The number of benzene rings is 1. The number of aromatic nitrogens is 3. The van der Waals surface area contributed by atoms with E-state index in [0.29, 0.717) is 6.54 Å². The van der Waals surface area contributed by atoms with Crippen molar-refractivity contribution in [2.75, 3.05) is 18.4 Å². The lowest BCUT2D eigenvalue weighted by atomic mass is 10.1. The molecule has 0 saturated carbocycles. The van der Waals surface area contributed by atoms with Crippen LogP contribution in [-0.2, 0) is 7.05 Å². The zero-order valence-electron chi connectivity index (χ0n) is 13.1. The van der Waals surface area contributed by atoms with Crippen molar-refractivity contribution >= 4 is 38.4 Å². The van der Waals surface area contributed by atoms with Gasteiger partial charge >= 0.3 is 0 Å². The van der Waals surface area contributed by atoms with E-state index >= 15 is 0 Å². The normalized spacial score (nSPS) is 11.6. The van der Waals surface area contributed by atoms with Crippen LogP contribution < -0.4 is 11.1 Å². The van der Waals surface area contributed by atoms with Crippen LogP contribution in [0.15, 0.2) is 42.9 Å². The average Bonchev–Trinajstić information content (AvgIpc) is 2.86. The van der Waals surface area contributed by atoms with Gasteiger partial charge in [0.15, 0.2) is 0 Å². The molecule has 23 heavy (non-hydrogen) atoms. The lowest BCUT2D eigenvalue weighted by Crippen LogP contribution is -2.09. The van der Waals surface area contributed by atoms with Gasteiger partial charge in [0.05, 0.1) is 5.52 Å². The van der Waals surface area contributed by atoms with Crippen molar-refractivity contribution in [2.45, 2.75) is 6.42 Å². The van der Waals surface area contributed by atoms with Gasteiger partial charge in [-0.2, -0.15) is 0 Å². The third-order valence-corrected chi connectivity index (χ3v) is 4.35. The second-order valence-electron chi connectivity index (χ2n) is 5.77. The number of aryl methyl sites for hydroxylation is 1. The number of rotatable bonds is 4. The molecule has 0 unspecified atom stereocenters. The SMILES string of the molecule is Cn1c2cc3ccncc3cc2c2c(NCCCN)nccc21. The Morgan fingerprint density at radius 2 is 2.04 bits per heavy atom. The van der Waals surface area contributed by atoms with Crippen molar-refractivity contribution in [2.24, 2.45) is 12.8 Å². The summed E-state index contributed by atoms with van der Waals surface area (Å²) >= 11 is 0. The third-order valence-electron chi connectivity index (χ3n) is 4.35. The minimum absolute atomic E-state index is 0.675. The number of nitrogens with two attached hydrogens (primary N) is 1. The lowest BCUT2D eigenvalue weighted by Gasteiger charge is -2.06. The smallest absolute Gasteiger partial charge is 0.136 e. The molecule has 4 rings (SSSR count). The van der Waals surface area contributed by atoms with E-state index in [0.717, 1.165) is 29.6 Å². The largest absolute Gasteiger partial charge is 0.369 e. The zero-order chi connectivity index (χ0) is 15.8. The van der Waals surface area contributed by atoms with Crippen molar-refractivity contribution in [3.05, 3.63) is 42.9 Å². The minimum Gasteiger partial charge on any atom is -0.369 e. The number of hydrogen-bond acceptors (Lipinski definition) is 4. The molecule has 3 N–H and O–H groups in total. The monoisotopic (exact) mass is 305 g/mol. The van der Waals surface area contributed by atoms with Gasteiger partial charge in [0, 0.05) is 53.9 Å². The maximum atomic E-state index is 5.59. The fourth-order valence-corrected chi connectivity index (χ4v) is 3.17. The summed E-state index contributed by atoms with van der Waals surface area (Å²) in [6, 6.07) is 8.53. The Kier molecular flexibility index (Phi) is 3.35. The van der Waals surface area contributed by atoms with Crippen LogP contribution in [0.5, 0.6) is 0 Å². The second kappa shape index (κ2) is 5.52. The summed E-state index contributed by atoms with van der Waals surface area (Å²) < 4.78 is 2.22. The molecular formula is C18H19N5. The first-order chi connectivity index (χ1) is 11.3. The van der Waals surface area contributed by atoms with E-state index in [1.165, 1.54) is 21.8 Å². The van der Waals surface area contributed by atoms with E-state index in [9.17, 15) is 0 Å². The van der Waals surface area contributed by atoms with Crippen molar-refractivity contribution in [3.63, 3.8) is 0 Å². The molecule has 0 radical (unpaired) electrons. The molecule has 3 aromatic heterocycles. The Morgan fingerprint density at radius 1 is 1.13 bits per heavy atom. The number of nitrogens with one attached hydrogen (secondary N) is 1. The molecule has 4 aromatic rings. The van der Waals surface area contributed by atoms with E-state index in [2.05, 4.69) is 45.1 Å². The maximum absolute atomic E-state index is 5.59. The van der Waals surface area contributed by atoms with Crippen LogP contribution in [0.2, 0.25) is 0 Å². The van der Waals surface area contributed by atoms with Gasteiger partial charge in [-0.15, -0.1) is 0 Å². The predicted molar refractivity (Wildman–Crippen MR) is 95.7 cm³/mol. The van der Waals surface area contributed by atoms with Gasteiger partial charge in [0.2, 0.25) is 0 Å². The van der Waals surface area contributed by atoms with Gasteiger partial charge < -0.3 is 15.6 Å². The molecule has 0 fully saturated rings. The van der Waals surface area contributed by atoms with E-state index in [-0.39, 0.29) is 0 Å². The highest BCUT2D eigenvalue weighted by atomic mass is 15.0. The molecule has 0 bridgehead atoms. The molecule has 0 amide bonds. The summed E-state index contributed by atoms with van der Waals surface area (Å²) in [6.45, 7) is 1.50. The summed E-state index contributed by atoms with van der Waals surface area (Å²) in [5.41, 5.74) is 7.97. The highest BCUT2D eigenvalue weighted by Gasteiger charge is 2.13. The van der Waals surface area contributed by atoms with Gasteiger partial charge in [-0.05, 0) is 42.6 Å². The molecule has 3 heterocycles. The molecule has 0 aliphatic rings. The maximum Gasteiger partial charge on any atom is 0.136 e. The first-order valence-corrected chi connectivity index (χ1v) is 7.84. The molecule has 5 heteroatoms. The minimum atomic E-state index is 0.675. The van der Waals surface area contributed by atoms with Gasteiger partial charge in [0.25, 0.3) is 0 Å². The highest BCUT2D eigenvalue weighted by Crippen LogP contribution is 2.34. The van der Waals surface area contributed by atoms with Crippen LogP contribution in [-0.4, -0.2) is 27.6 Å². The van der Waals surface area contributed by atoms with E-state index in [1.807, 2.05) is 24.7 Å². The lowest BCUT2D eigenvalue weighted by molar-refractivity contribution is 0.871. The van der Waals surface area contributed by atoms with E-state index < -0.39 is 0 Å². The zero-order valence-corrected chi connectivity index (χ0v) is 13.1. The standard InChI is InChI=1S/C18H19N5/c1-23-15-4-8-22-18(21-6-2-5-19)17(15)14-9-13-11-20-7-3-12(13)10-16(14)23/h3-4,7-11H,2,5-6,19H2,1H3,(H,21,22). The van der Waals surface area contributed by atoms with Crippen LogP contribution >= 0.6 is 0 Å². The molecule has 0 saturated heterocycles. The highest BCUT2D eigenvalue weighted by molar-refractivity contribution is 6.16. The molecule has 0 aliphatic heterocycles. The fourth-order valence-electron chi connectivity index (χ4n) is 3.17. The topological polar surface area (TPSA) is 68.8 Å². The first kappa shape index (κ1) is 14.0. The summed E-state index contributed by atoms with van der Waals surface area (Å²) in [5, 5.41) is 8.12. The Morgan fingerprint density at radius 3 is 2.91 bits per heavy atom. The molecule has 0 aliphatic carbocycles. The van der Waals surface area contributed by atoms with E-state index in [1.54, 1.807) is 0 Å². The fraction of sp³-hybridized carbons (Fsp3) is 0.222. The Hall–Kier alpha value is -2.66. The summed E-state index contributed by atoms with van der Waals surface area (Å²) in [6.07, 6.45) is 6.52. The van der Waals surface area contributed by atoms with Crippen LogP contribution in [0, 0.1) is 0 Å². The summed E-state index contributed by atoms with van der Waals surface area (Å²) in [4.78, 5) is 8.78. The predicted octanol–water partition coefficient (Wildman–Crippen LogP) is 3.04. The third kappa shape index (κ3) is 2.21. The molecule has 1 aromatic carbocycles. The van der Waals surface area contributed by atoms with Gasteiger partial charge in [0.1, 0.15) is 5.82 Å². The van der Waals surface area contributed by atoms with Gasteiger partial charge in [-0.3, -0.25) is 4.98 Å². The molecule has 0 atom stereocenters. The number of pyridine rings is 2. The molecule has 116 valence electrons. The number of anilines is 1. The Balaban J connectivity index is 2.02. The Labute approximate surface area is 134 Å².